The van der Waals surface area contributed by atoms with Crippen LogP contribution >= 0.6 is 0 Å². The molecule has 1 aromatic carbocycles. The Balaban J connectivity index is 1.83. The summed E-state index contributed by atoms with van der Waals surface area (Å²) in [6.45, 7) is 10.2. The molecule has 0 saturated carbocycles. The summed E-state index contributed by atoms with van der Waals surface area (Å²) in [4.78, 5) is 12.3. The van der Waals surface area contributed by atoms with Crippen LogP contribution < -0.4 is 5.43 Å². The van der Waals surface area contributed by atoms with Gasteiger partial charge in [-0.1, -0.05) is 18.2 Å². The molecular formula is C21H25N5O. The van der Waals surface area contributed by atoms with Crippen LogP contribution in [-0.4, -0.2) is 26.5 Å². The van der Waals surface area contributed by atoms with Crippen LogP contribution in [0.3, 0.4) is 0 Å². The number of aromatic nitrogens is 3. The van der Waals surface area contributed by atoms with E-state index in [0.717, 1.165) is 28.3 Å². The smallest absolute Gasteiger partial charge is 0.271 e. The summed E-state index contributed by atoms with van der Waals surface area (Å²) in [6, 6.07) is 11.8. The molecule has 0 aliphatic rings. The van der Waals surface area contributed by atoms with E-state index >= 15 is 0 Å². The van der Waals surface area contributed by atoms with Gasteiger partial charge >= 0.3 is 0 Å². The van der Waals surface area contributed by atoms with E-state index in [1.165, 1.54) is 0 Å². The van der Waals surface area contributed by atoms with Crippen molar-refractivity contribution in [3.63, 3.8) is 0 Å². The average molecular weight is 363 g/mol. The molecule has 1 amide bonds. The van der Waals surface area contributed by atoms with Crippen LogP contribution in [0.2, 0.25) is 0 Å². The Morgan fingerprint density at radius 2 is 1.93 bits per heavy atom. The van der Waals surface area contributed by atoms with Gasteiger partial charge in [0.25, 0.3) is 5.91 Å². The van der Waals surface area contributed by atoms with E-state index in [9.17, 15) is 4.79 Å². The maximum atomic E-state index is 12.3. The molecule has 27 heavy (non-hydrogen) atoms. The minimum atomic E-state index is -0.212. The first-order chi connectivity index (χ1) is 12.9. The lowest BCUT2D eigenvalue weighted by atomic mass is 10.1. The Bertz CT molecular complexity index is 994. The minimum Gasteiger partial charge on any atom is -0.303 e. The second-order valence-corrected chi connectivity index (χ2v) is 6.90. The van der Waals surface area contributed by atoms with Crippen molar-refractivity contribution in [1.29, 1.82) is 0 Å². The standard InChI is InChI=1S/C21H25N5O/c1-14(2)26-20(10-11-23-26)25-16(4)12-18(17(25)5)13-22-24-21(27)19-9-7-6-8-15(19)3/h6-14H,1-5H3,(H,24,27)/b22-13-. The number of carbonyl (C=O) groups is 1. The van der Waals surface area contributed by atoms with E-state index in [2.05, 4.69) is 40.1 Å². The zero-order valence-corrected chi connectivity index (χ0v) is 16.4. The van der Waals surface area contributed by atoms with Crippen molar-refractivity contribution in [3.05, 3.63) is 70.7 Å². The van der Waals surface area contributed by atoms with Crippen LogP contribution in [0, 0.1) is 20.8 Å². The van der Waals surface area contributed by atoms with Gasteiger partial charge in [-0.05, 0) is 52.3 Å². The van der Waals surface area contributed by atoms with Gasteiger partial charge in [0.2, 0.25) is 0 Å². The van der Waals surface area contributed by atoms with Crippen LogP contribution in [0.15, 0.2) is 47.7 Å². The SMILES string of the molecule is Cc1ccccc1C(=O)N/N=C\c1cc(C)n(-c2ccnn2C(C)C)c1C. The minimum absolute atomic E-state index is 0.212. The van der Waals surface area contributed by atoms with Crippen molar-refractivity contribution in [3.8, 4) is 5.82 Å². The molecule has 3 aromatic rings. The summed E-state index contributed by atoms with van der Waals surface area (Å²) in [5, 5.41) is 8.57. The Kier molecular flexibility index (Phi) is 5.26. The maximum absolute atomic E-state index is 12.3. The third-order valence-electron chi connectivity index (χ3n) is 4.60. The normalized spacial score (nSPS) is 11.5. The molecule has 0 radical (unpaired) electrons. The number of carbonyl (C=O) groups excluding carboxylic acids is 1. The first kappa shape index (κ1) is 18.6. The van der Waals surface area contributed by atoms with E-state index in [1.54, 1.807) is 12.3 Å². The fourth-order valence-electron chi connectivity index (χ4n) is 3.20. The number of amides is 1. The van der Waals surface area contributed by atoms with Gasteiger partial charge in [-0.15, -0.1) is 0 Å². The Morgan fingerprint density at radius 3 is 2.63 bits per heavy atom. The molecule has 3 rings (SSSR count). The first-order valence-electron chi connectivity index (χ1n) is 9.02. The number of nitrogens with zero attached hydrogens (tertiary/aromatic N) is 4. The van der Waals surface area contributed by atoms with Gasteiger partial charge in [0.05, 0.1) is 12.4 Å². The Labute approximate surface area is 159 Å². The van der Waals surface area contributed by atoms with Crippen molar-refractivity contribution in [2.24, 2.45) is 5.10 Å². The predicted octanol–water partition coefficient (Wildman–Crippen LogP) is 3.94. The molecule has 0 saturated heterocycles. The van der Waals surface area contributed by atoms with Crippen molar-refractivity contribution < 1.29 is 4.79 Å². The third-order valence-corrected chi connectivity index (χ3v) is 4.60. The number of rotatable bonds is 5. The number of aryl methyl sites for hydroxylation is 2. The van der Waals surface area contributed by atoms with Gasteiger partial charge in [0, 0.05) is 34.6 Å². The van der Waals surface area contributed by atoms with Gasteiger partial charge in [0.1, 0.15) is 5.82 Å². The number of hydrogen-bond donors (Lipinski definition) is 1. The van der Waals surface area contributed by atoms with Gasteiger partial charge in [0.15, 0.2) is 0 Å². The molecule has 1 N–H and O–H groups in total. The summed E-state index contributed by atoms with van der Waals surface area (Å²) >= 11 is 0. The molecule has 2 heterocycles. The highest BCUT2D eigenvalue weighted by molar-refractivity contribution is 5.96. The molecule has 6 nitrogen and oxygen atoms in total. The highest BCUT2D eigenvalue weighted by Gasteiger charge is 2.14. The average Bonchev–Trinajstić information content (AvgIpc) is 3.20. The summed E-state index contributed by atoms with van der Waals surface area (Å²) < 4.78 is 4.14. The fraction of sp³-hybridized carbons (Fsp3) is 0.286. The van der Waals surface area contributed by atoms with Crippen molar-refractivity contribution >= 4 is 12.1 Å². The van der Waals surface area contributed by atoms with Crippen molar-refractivity contribution in [1.82, 2.24) is 19.8 Å². The molecule has 140 valence electrons. The van der Waals surface area contributed by atoms with Crippen LogP contribution in [-0.2, 0) is 0 Å². The van der Waals surface area contributed by atoms with E-state index in [4.69, 9.17) is 0 Å². The van der Waals surface area contributed by atoms with Gasteiger partial charge in [-0.2, -0.15) is 10.2 Å². The van der Waals surface area contributed by atoms with Crippen molar-refractivity contribution in [2.75, 3.05) is 0 Å². The fourth-order valence-corrected chi connectivity index (χ4v) is 3.20. The number of benzene rings is 1. The Morgan fingerprint density at radius 1 is 1.19 bits per heavy atom. The summed E-state index contributed by atoms with van der Waals surface area (Å²) in [5.41, 5.74) is 7.24. The zero-order chi connectivity index (χ0) is 19.6. The molecule has 0 unspecified atom stereocenters. The topological polar surface area (TPSA) is 64.2 Å². The molecule has 0 aliphatic heterocycles. The van der Waals surface area contributed by atoms with Crippen LogP contribution in [0.1, 0.15) is 52.8 Å². The summed E-state index contributed by atoms with van der Waals surface area (Å²) in [6.07, 6.45) is 3.50. The van der Waals surface area contributed by atoms with Crippen molar-refractivity contribution in [2.45, 2.75) is 40.7 Å². The molecule has 0 atom stereocenters. The third kappa shape index (κ3) is 3.69. The highest BCUT2D eigenvalue weighted by Crippen LogP contribution is 2.21. The number of hydrazone groups is 1. The lowest BCUT2D eigenvalue weighted by Crippen LogP contribution is -2.18. The number of hydrogen-bond acceptors (Lipinski definition) is 3. The van der Waals surface area contributed by atoms with Gasteiger partial charge < -0.3 is 4.57 Å². The lowest BCUT2D eigenvalue weighted by Gasteiger charge is -2.15. The molecule has 0 fully saturated rings. The maximum Gasteiger partial charge on any atom is 0.271 e. The summed E-state index contributed by atoms with van der Waals surface area (Å²) in [5.74, 6) is 0.805. The van der Waals surface area contributed by atoms with Gasteiger partial charge in [-0.25, -0.2) is 10.1 Å². The van der Waals surface area contributed by atoms with Crippen LogP contribution in [0.25, 0.3) is 5.82 Å². The van der Waals surface area contributed by atoms with E-state index in [1.807, 2.05) is 55.9 Å². The second-order valence-electron chi connectivity index (χ2n) is 6.90. The van der Waals surface area contributed by atoms with E-state index < -0.39 is 0 Å². The molecular weight excluding hydrogens is 338 g/mol. The Hall–Kier alpha value is -3.15. The quantitative estimate of drug-likeness (QED) is 0.551. The zero-order valence-electron chi connectivity index (χ0n) is 16.4. The molecule has 0 aliphatic carbocycles. The predicted molar refractivity (Wildman–Crippen MR) is 108 cm³/mol. The van der Waals surface area contributed by atoms with E-state index in [0.29, 0.717) is 5.56 Å². The first-order valence-corrected chi connectivity index (χ1v) is 9.02. The van der Waals surface area contributed by atoms with Gasteiger partial charge in [-0.3, -0.25) is 4.79 Å². The molecule has 0 spiro atoms. The number of nitrogens with one attached hydrogen (secondary N) is 1. The van der Waals surface area contributed by atoms with E-state index in [-0.39, 0.29) is 11.9 Å². The van der Waals surface area contributed by atoms with Crippen LogP contribution in [0.5, 0.6) is 0 Å². The largest absolute Gasteiger partial charge is 0.303 e. The summed E-state index contributed by atoms with van der Waals surface area (Å²) in [7, 11) is 0. The van der Waals surface area contributed by atoms with Crippen LogP contribution in [0.4, 0.5) is 0 Å². The highest BCUT2D eigenvalue weighted by atomic mass is 16.2. The lowest BCUT2D eigenvalue weighted by molar-refractivity contribution is 0.0954. The second kappa shape index (κ2) is 7.61. The molecule has 0 bridgehead atoms. The molecule has 6 heteroatoms. The monoisotopic (exact) mass is 363 g/mol. The molecule has 2 aromatic heterocycles.